The highest BCUT2D eigenvalue weighted by Crippen LogP contribution is 2.14. The first-order chi connectivity index (χ1) is 7.25. The van der Waals surface area contributed by atoms with Crippen molar-refractivity contribution in [3.63, 3.8) is 0 Å². The molecule has 2 rings (SSSR count). The molecule has 0 aliphatic rings. The second-order valence-electron chi connectivity index (χ2n) is 3.11. The maximum absolute atomic E-state index is 4.24. The van der Waals surface area contributed by atoms with E-state index >= 15 is 0 Å². The van der Waals surface area contributed by atoms with Crippen LogP contribution in [0.2, 0.25) is 0 Å². The topological polar surface area (TPSA) is 41.6 Å². The molecule has 3 heteroatoms. The third kappa shape index (κ3) is 2.91. The molecule has 0 unspecified atom stereocenters. The fourth-order valence-electron chi connectivity index (χ4n) is 1.17. The average molecular weight is 203 g/mol. The van der Waals surface area contributed by atoms with Crippen LogP contribution in [0.3, 0.4) is 0 Å². The molecule has 0 radical (unpaired) electrons. The van der Waals surface area contributed by atoms with Crippen LogP contribution in [0, 0.1) is 13.8 Å². The Balaban J connectivity index is 0.000000531. The van der Waals surface area contributed by atoms with Crippen molar-refractivity contribution in [2.45, 2.75) is 27.7 Å². The predicted octanol–water partition coefficient (Wildman–Crippen LogP) is 3.11. The van der Waals surface area contributed by atoms with Gasteiger partial charge in [0.25, 0.3) is 0 Å². The van der Waals surface area contributed by atoms with E-state index in [0.717, 1.165) is 17.2 Å². The molecule has 0 amide bonds. The van der Waals surface area contributed by atoms with E-state index in [0.29, 0.717) is 0 Å². The number of benzene rings is 1. The fourth-order valence-corrected chi connectivity index (χ4v) is 1.17. The normalized spacial score (nSPS) is 9.33. The molecule has 0 aliphatic heterocycles. The van der Waals surface area contributed by atoms with Crippen molar-refractivity contribution in [2.75, 3.05) is 0 Å². The molecule has 15 heavy (non-hydrogen) atoms. The lowest BCUT2D eigenvalue weighted by Crippen LogP contribution is -1.80. The van der Waals surface area contributed by atoms with Crippen LogP contribution in [-0.2, 0) is 0 Å². The van der Waals surface area contributed by atoms with Gasteiger partial charge in [0.15, 0.2) is 5.82 Å². The van der Waals surface area contributed by atoms with Crippen LogP contribution in [0.5, 0.6) is 0 Å². The number of nitrogens with one attached hydrogen (secondary N) is 1. The Morgan fingerprint density at radius 3 is 2.07 bits per heavy atom. The molecule has 1 N–H and O–H groups in total. The van der Waals surface area contributed by atoms with Crippen molar-refractivity contribution in [1.29, 1.82) is 0 Å². The molecule has 0 fully saturated rings. The number of H-pyrrole nitrogens is 1. The highest BCUT2D eigenvalue weighted by atomic mass is 15.2. The Hall–Kier alpha value is -1.64. The van der Waals surface area contributed by atoms with Crippen molar-refractivity contribution >= 4 is 0 Å². The lowest BCUT2D eigenvalue weighted by Gasteiger charge is -1.94. The summed E-state index contributed by atoms with van der Waals surface area (Å²) in [6, 6.07) is 8.16. The van der Waals surface area contributed by atoms with Crippen molar-refractivity contribution < 1.29 is 0 Å². The van der Waals surface area contributed by atoms with Crippen LogP contribution in [0.4, 0.5) is 0 Å². The molecule has 0 aliphatic carbocycles. The van der Waals surface area contributed by atoms with Crippen LogP contribution < -0.4 is 0 Å². The first-order valence-corrected chi connectivity index (χ1v) is 5.22. The first kappa shape index (κ1) is 11.4. The molecular weight excluding hydrogens is 186 g/mol. The van der Waals surface area contributed by atoms with E-state index in [2.05, 4.69) is 34.2 Å². The summed E-state index contributed by atoms with van der Waals surface area (Å²) in [7, 11) is 0. The summed E-state index contributed by atoms with van der Waals surface area (Å²) in [6.45, 7) is 7.96. The maximum Gasteiger partial charge on any atom is 0.181 e. The standard InChI is InChI=1S/C10H11N3.C2H6/c1-7-3-5-9(6-4-7)10-11-8(2)12-13-10;1-2/h3-6H,1-2H3,(H,11,12,13);1-2H3. The first-order valence-electron chi connectivity index (χ1n) is 5.22. The number of aryl methyl sites for hydroxylation is 2. The van der Waals surface area contributed by atoms with Gasteiger partial charge in [-0.2, -0.15) is 5.10 Å². The molecular formula is C12H17N3. The molecule has 0 atom stereocenters. The van der Waals surface area contributed by atoms with Gasteiger partial charge >= 0.3 is 0 Å². The third-order valence-electron chi connectivity index (χ3n) is 1.91. The van der Waals surface area contributed by atoms with E-state index in [1.807, 2.05) is 32.9 Å². The molecule has 1 heterocycles. The monoisotopic (exact) mass is 203 g/mol. The molecule has 0 bridgehead atoms. The summed E-state index contributed by atoms with van der Waals surface area (Å²) >= 11 is 0. The number of hydrogen-bond donors (Lipinski definition) is 1. The SMILES string of the molecule is CC.Cc1ccc(-c2n[nH]c(C)n2)cc1. The number of nitrogens with zero attached hydrogens (tertiary/aromatic N) is 2. The highest BCUT2D eigenvalue weighted by Gasteiger charge is 2.01. The summed E-state index contributed by atoms with van der Waals surface area (Å²) in [6.07, 6.45) is 0. The zero-order chi connectivity index (χ0) is 11.3. The van der Waals surface area contributed by atoms with Gasteiger partial charge in [0.1, 0.15) is 5.82 Å². The quantitative estimate of drug-likeness (QED) is 0.773. The zero-order valence-corrected chi connectivity index (χ0v) is 9.70. The molecule has 0 spiro atoms. The molecule has 0 saturated carbocycles. The van der Waals surface area contributed by atoms with Crippen molar-refractivity contribution in [1.82, 2.24) is 15.2 Å². The van der Waals surface area contributed by atoms with Gasteiger partial charge in [-0.15, -0.1) is 0 Å². The van der Waals surface area contributed by atoms with Gasteiger partial charge in [-0.25, -0.2) is 4.98 Å². The van der Waals surface area contributed by atoms with Crippen LogP contribution in [0.25, 0.3) is 11.4 Å². The van der Waals surface area contributed by atoms with Gasteiger partial charge in [0.2, 0.25) is 0 Å². The molecule has 3 nitrogen and oxygen atoms in total. The molecule has 2 aromatic rings. The third-order valence-corrected chi connectivity index (χ3v) is 1.91. The Morgan fingerprint density at radius 2 is 1.60 bits per heavy atom. The summed E-state index contributed by atoms with van der Waals surface area (Å²) in [5.41, 5.74) is 2.30. The Kier molecular flexibility index (Phi) is 4.03. The predicted molar refractivity (Wildman–Crippen MR) is 62.6 cm³/mol. The van der Waals surface area contributed by atoms with Crippen molar-refractivity contribution in [2.24, 2.45) is 0 Å². The van der Waals surface area contributed by atoms with Gasteiger partial charge in [0.05, 0.1) is 0 Å². The highest BCUT2D eigenvalue weighted by molar-refractivity contribution is 5.54. The summed E-state index contributed by atoms with van der Waals surface area (Å²) in [5, 5.41) is 6.90. The number of aromatic nitrogens is 3. The van der Waals surface area contributed by atoms with E-state index in [1.54, 1.807) is 0 Å². The smallest absolute Gasteiger partial charge is 0.181 e. The number of hydrogen-bond acceptors (Lipinski definition) is 2. The molecule has 1 aromatic carbocycles. The van der Waals surface area contributed by atoms with Gasteiger partial charge in [-0.05, 0) is 13.8 Å². The molecule has 1 aromatic heterocycles. The van der Waals surface area contributed by atoms with E-state index in [-0.39, 0.29) is 0 Å². The summed E-state index contributed by atoms with van der Waals surface area (Å²) in [4.78, 5) is 4.24. The Morgan fingerprint density at radius 1 is 1.00 bits per heavy atom. The van der Waals surface area contributed by atoms with Crippen LogP contribution in [0.15, 0.2) is 24.3 Å². The van der Waals surface area contributed by atoms with Crippen LogP contribution in [0.1, 0.15) is 25.2 Å². The van der Waals surface area contributed by atoms with Crippen molar-refractivity contribution in [3.05, 3.63) is 35.7 Å². The lowest BCUT2D eigenvalue weighted by atomic mass is 10.1. The second-order valence-corrected chi connectivity index (χ2v) is 3.11. The zero-order valence-electron chi connectivity index (χ0n) is 9.70. The maximum atomic E-state index is 4.24. The average Bonchev–Trinajstić information content (AvgIpc) is 2.69. The van der Waals surface area contributed by atoms with Crippen LogP contribution in [-0.4, -0.2) is 15.2 Å². The number of aromatic amines is 1. The van der Waals surface area contributed by atoms with Crippen molar-refractivity contribution in [3.8, 4) is 11.4 Å². The van der Waals surface area contributed by atoms with Gasteiger partial charge < -0.3 is 0 Å². The lowest BCUT2D eigenvalue weighted by molar-refractivity contribution is 1.04. The van der Waals surface area contributed by atoms with Gasteiger partial charge in [-0.1, -0.05) is 43.7 Å². The minimum absolute atomic E-state index is 0.762. The van der Waals surface area contributed by atoms with Crippen LogP contribution >= 0.6 is 0 Å². The number of rotatable bonds is 1. The van der Waals surface area contributed by atoms with E-state index in [1.165, 1.54) is 5.56 Å². The van der Waals surface area contributed by atoms with Gasteiger partial charge in [0, 0.05) is 5.56 Å². The fraction of sp³-hybridized carbons (Fsp3) is 0.333. The summed E-state index contributed by atoms with van der Waals surface area (Å²) < 4.78 is 0. The minimum Gasteiger partial charge on any atom is -0.263 e. The molecule has 0 saturated heterocycles. The minimum atomic E-state index is 0.762. The summed E-state index contributed by atoms with van der Waals surface area (Å²) in [5.74, 6) is 1.60. The largest absolute Gasteiger partial charge is 0.263 e. The van der Waals surface area contributed by atoms with E-state index < -0.39 is 0 Å². The van der Waals surface area contributed by atoms with E-state index in [4.69, 9.17) is 0 Å². The second kappa shape index (κ2) is 5.29. The molecule has 80 valence electrons. The Bertz CT molecular complexity index is 401. The van der Waals surface area contributed by atoms with E-state index in [9.17, 15) is 0 Å². The van der Waals surface area contributed by atoms with Gasteiger partial charge in [-0.3, -0.25) is 5.10 Å². The Labute approximate surface area is 90.6 Å².